The standard InChI is InChI=1S/C24H22N4O3/c1-29-19-14-12-18(13-15-19)24-27-25-20-8-2-4-10-22(20)30-16-6-7-17-31-23-11-5-3-9-21(23)26-28-24/h2-15,25H,16-17H2,1H3/b7-6+,27-24-,28-26?. The Morgan fingerprint density at radius 3 is 2.23 bits per heavy atom. The maximum atomic E-state index is 5.86. The van der Waals surface area contributed by atoms with E-state index in [1.807, 2.05) is 84.9 Å². The molecule has 0 saturated carbocycles. The van der Waals surface area contributed by atoms with Crippen molar-refractivity contribution in [3.8, 4) is 17.2 Å². The number of para-hydroxylation sites is 3. The summed E-state index contributed by atoms with van der Waals surface area (Å²) < 4.78 is 16.9. The molecule has 1 aliphatic rings. The average Bonchev–Trinajstić information content (AvgIpc) is 2.83. The van der Waals surface area contributed by atoms with Gasteiger partial charge in [0.2, 0.25) is 5.84 Å². The van der Waals surface area contributed by atoms with Crippen molar-refractivity contribution < 1.29 is 14.2 Å². The molecule has 1 aliphatic heterocycles. The first-order valence-corrected chi connectivity index (χ1v) is 9.82. The van der Waals surface area contributed by atoms with Crippen LogP contribution in [-0.4, -0.2) is 26.2 Å². The second-order valence-electron chi connectivity index (χ2n) is 6.53. The monoisotopic (exact) mass is 414 g/mol. The summed E-state index contributed by atoms with van der Waals surface area (Å²) in [5, 5.41) is 13.3. The molecule has 0 fully saturated rings. The van der Waals surface area contributed by atoms with Crippen LogP contribution in [0.4, 0.5) is 11.4 Å². The quantitative estimate of drug-likeness (QED) is 0.555. The number of hydrogen-bond donors (Lipinski definition) is 1. The zero-order chi connectivity index (χ0) is 21.3. The fraction of sp³-hybridized carbons (Fsp3) is 0.125. The largest absolute Gasteiger partial charge is 0.497 e. The maximum Gasteiger partial charge on any atom is 0.201 e. The molecule has 1 heterocycles. The van der Waals surface area contributed by atoms with Gasteiger partial charge in [-0.05, 0) is 60.7 Å². The molecule has 0 atom stereocenters. The number of hydrogen-bond acceptors (Lipinski definition) is 7. The van der Waals surface area contributed by atoms with Crippen LogP contribution in [0.15, 0.2) is 100 Å². The van der Waals surface area contributed by atoms with Crippen molar-refractivity contribution in [2.45, 2.75) is 0 Å². The van der Waals surface area contributed by atoms with Crippen molar-refractivity contribution >= 4 is 17.2 Å². The van der Waals surface area contributed by atoms with Gasteiger partial charge in [-0.1, -0.05) is 24.3 Å². The van der Waals surface area contributed by atoms with Crippen LogP contribution in [-0.2, 0) is 0 Å². The first-order chi connectivity index (χ1) is 15.3. The second kappa shape index (κ2) is 10.1. The van der Waals surface area contributed by atoms with Crippen molar-refractivity contribution in [3.63, 3.8) is 0 Å². The Bertz CT molecular complexity index is 1110. The minimum absolute atomic E-state index is 0.398. The van der Waals surface area contributed by atoms with Crippen LogP contribution < -0.4 is 19.6 Å². The van der Waals surface area contributed by atoms with Crippen LogP contribution in [0, 0.1) is 0 Å². The molecule has 3 aromatic carbocycles. The minimum Gasteiger partial charge on any atom is -0.497 e. The lowest BCUT2D eigenvalue weighted by molar-refractivity contribution is 0.351. The Morgan fingerprint density at radius 2 is 1.45 bits per heavy atom. The highest BCUT2D eigenvalue weighted by atomic mass is 16.5. The Hall–Kier alpha value is -4.13. The van der Waals surface area contributed by atoms with Gasteiger partial charge in [0.1, 0.15) is 36.1 Å². The second-order valence-corrected chi connectivity index (χ2v) is 6.53. The summed E-state index contributed by atoms with van der Waals surface area (Å²) in [6.07, 6.45) is 3.81. The molecule has 7 heteroatoms. The van der Waals surface area contributed by atoms with Gasteiger partial charge < -0.3 is 14.2 Å². The third kappa shape index (κ3) is 5.27. The molecule has 0 aliphatic carbocycles. The van der Waals surface area contributed by atoms with E-state index in [1.165, 1.54) is 0 Å². The lowest BCUT2D eigenvalue weighted by atomic mass is 10.2. The average molecular weight is 414 g/mol. The summed E-state index contributed by atoms with van der Waals surface area (Å²) in [6, 6.07) is 22.5. The van der Waals surface area contributed by atoms with E-state index >= 15 is 0 Å². The SMILES string of the molecule is COc1ccc(/C2=N/Nc3ccccc3OC/C=C/COc3ccccc3N=N2)cc1. The van der Waals surface area contributed by atoms with Gasteiger partial charge in [-0.2, -0.15) is 5.10 Å². The lowest BCUT2D eigenvalue weighted by Crippen LogP contribution is -2.03. The smallest absolute Gasteiger partial charge is 0.201 e. The minimum atomic E-state index is 0.398. The highest BCUT2D eigenvalue weighted by Crippen LogP contribution is 2.28. The number of azo groups is 1. The molecule has 156 valence electrons. The maximum absolute atomic E-state index is 5.86. The molecule has 0 unspecified atom stereocenters. The van der Waals surface area contributed by atoms with Gasteiger partial charge in [0.15, 0.2) is 0 Å². The summed E-state index contributed by atoms with van der Waals surface area (Å²) in [7, 11) is 1.63. The number of anilines is 1. The Morgan fingerprint density at radius 1 is 0.774 bits per heavy atom. The van der Waals surface area contributed by atoms with Crippen LogP contribution in [0.3, 0.4) is 0 Å². The number of hydrazone groups is 1. The van der Waals surface area contributed by atoms with E-state index in [0.29, 0.717) is 36.2 Å². The molecule has 4 rings (SSSR count). The zero-order valence-electron chi connectivity index (χ0n) is 17.1. The van der Waals surface area contributed by atoms with Crippen LogP contribution in [0.25, 0.3) is 0 Å². The van der Waals surface area contributed by atoms with Gasteiger partial charge >= 0.3 is 0 Å². The van der Waals surface area contributed by atoms with Gasteiger partial charge in [0, 0.05) is 5.56 Å². The number of amidine groups is 1. The summed E-state index contributed by atoms with van der Waals surface area (Å²) >= 11 is 0. The van der Waals surface area contributed by atoms with Crippen molar-refractivity contribution in [3.05, 3.63) is 90.5 Å². The van der Waals surface area contributed by atoms with E-state index in [9.17, 15) is 0 Å². The number of fused-ring (bicyclic) bond motifs is 2. The number of ether oxygens (including phenoxy) is 3. The van der Waals surface area contributed by atoms with Gasteiger partial charge in [-0.15, -0.1) is 10.2 Å². The van der Waals surface area contributed by atoms with Crippen LogP contribution in [0.5, 0.6) is 17.2 Å². The predicted molar refractivity (Wildman–Crippen MR) is 121 cm³/mol. The summed E-state index contributed by atoms with van der Waals surface area (Å²) in [5.74, 6) is 2.47. The summed E-state index contributed by atoms with van der Waals surface area (Å²) in [6.45, 7) is 0.808. The van der Waals surface area contributed by atoms with Crippen LogP contribution in [0.1, 0.15) is 5.56 Å². The Kier molecular flexibility index (Phi) is 6.54. The van der Waals surface area contributed by atoms with E-state index in [-0.39, 0.29) is 0 Å². The molecule has 0 aromatic heterocycles. The number of rotatable bonds is 2. The third-order valence-electron chi connectivity index (χ3n) is 4.47. The van der Waals surface area contributed by atoms with Crippen molar-refractivity contribution in [2.75, 3.05) is 25.7 Å². The van der Waals surface area contributed by atoms with Gasteiger partial charge in [-0.3, -0.25) is 5.43 Å². The first kappa shape index (κ1) is 20.2. The van der Waals surface area contributed by atoms with E-state index in [0.717, 1.165) is 17.0 Å². The van der Waals surface area contributed by atoms with E-state index in [4.69, 9.17) is 14.2 Å². The van der Waals surface area contributed by atoms with Crippen molar-refractivity contribution in [1.82, 2.24) is 0 Å². The molecule has 7 nitrogen and oxygen atoms in total. The molecule has 0 bridgehead atoms. The molecule has 31 heavy (non-hydrogen) atoms. The molecular weight excluding hydrogens is 392 g/mol. The molecule has 3 aromatic rings. The highest BCUT2D eigenvalue weighted by Gasteiger charge is 2.08. The normalized spacial score (nSPS) is 16.5. The van der Waals surface area contributed by atoms with Crippen molar-refractivity contribution in [1.29, 1.82) is 0 Å². The number of benzene rings is 3. The highest BCUT2D eigenvalue weighted by molar-refractivity contribution is 5.99. The van der Waals surface area contributed by atoms with Crippen LogP contribution in [0.2, 0.25) is 0 Å². The molecule has 0 saturated heterocycles. The van der Waals surface area contributed by atoms with Gasteiger partial charge in [0.25, 0.3) is 0 Å². The fourth-order valence-electron chi connectivity index (χ4n) is 2.86. The molecule has 1 N–H and O–H groups in total. The van der Waals surface area contributed by atoms with Gasteiger partial charge in [0.05, 0.1) is 12.8 Å². The predicted octanol–water partition coefficient (Wildman–Crippen LogP) is 5.58. The van der Waals surface area contributed by atoms with Gasteiger partial charge in [-0.25, -0.2) is 0 Å². The number of nitrogens with one attached hydrogen (secondary N) is 1. The molecule has 0 amide bonds. The molecule has 0 spiro atoms. The van der Waals surface area contributed by atoms with E-state index in [1.54, 1.807) is 7.11 Å². The fourth-order valence-corrected chi connectivity index (χ4v) is 2.86. The summed E-state index contributed by atoms with van der Waals surface area (Å²) in [4.78, 5) is 0. The molecular formula is C24H22N4O3. The van der Waals surface area contributed by atoms with Crippen molar-refractivity contribution in [2.24, 2.45) is 15.3 Å². The topological polar surface area (TPSA) is 76.8 Å². The number of methoxy groups -OCH3 is 1. The Labute approximate surface area is 180 Å². The van der Waals surface area contributed by atoms with E-state index < -0.39 is 0 Å². The van der Waals surface area contributed by atoms with E-state index in [2.05, 4.69) is 20.8 Å². The number of nitrogens with zero attached hydrogens (tertiary/aromatic N) is 3. The molecule has 0 radical (unpaired) electrons. The Balaban J connectivity index is 1.74. The lowest BCUT2D eigenvalue weighted by Gasteiger charge is -2.10. The summed E-state index contributed by atoms with van der Waals surface area (Å²) in [5.41, 5.74) is 5.17. The third-order valence-corrected chi connectivity index (χ3v) is 4.47. The zero-order valence-corrected chi connectivity index (χ0v) is 17.1. The van der Waals surface area contributed by atoms with Crippen LogP contribution >= 0.6 is 0 Å². The first-order valence-electron chi connectivity index (χ1n) is 9.82.